The zero-order valence-corrected chi connectivity index (χ0v) is 12.0. The van der Waals surface area contributed by atoms with Crippen LogP contribution in [0.3, 0.4) is 0 Å². The fourth-order valence-electron chi connectivity index (χ4n) is 1.00. The molecule has 0 fully saturated rings. The summed E-state index contributed by atoms with van der Waals surface area (Å²) in [6.45, 7) is 4.55. The molecule has 0 saturated carbocycles. The van der Waals surface area contributed by atoms with Gasteiger partial charge in [0, 0.05) is 0 Å². The van der Waals surface area contributed by atoms with E-state index in [9.17, 15) is 9.59 Å². The zero-order valence-electron chi connectivity index (χ0n) is 10.2. The molecular formula is C11H20O4S2. The van der Waals surface area contributed by atoms with Crippen molar-refractivity contribution in [2.24, 2.45) is 0 Å². The summed E-state index contributed by atoms with van der Waals surface area (Å²) >= 11 is 8.18. The predicted molar refractivity (Wildman–Crippen MR) is 72.7 cm³/mol. The van der Waals surface area contributed by atoms with E-state index in [4.69, 9.17) is 9.47 Å². The van der Waals surface area contributed by atoms with Crippen LogP contribution >= 0.6 is 25.3 Å². The molecule has 2 atom stereocenters. The van der Waals surface area contributed by atoms with Crippen LogP contribution in [0.25, 0.3) is 0 Å². The van der Waals surface area contributed by atoms with Crippen molar-refractivity contribution in [1.29, 1.82) is 0 Å². The van der Waals surface area contributed by atoms with E-state index in [-0.39, 0.29) is 6.42 Å². The van der Waals surface area contributed by atoms with Crippen molar-refractivity contribution in [3.8, 4) is 0 Å². The molecule has 0 heterocycles. The number of hydrogen-bond acceptors (Lipinski definition) is 6. The first-order valence-corrected chi connectivity index (χ1v) is 6.75. The van der Waals surface area contributed by atoms with Crippen LogP contribution in [0.15, 0.2) is 0 Å². The van der Waals surface area contributed by atoms with Crippen LogP contribution in [0.5, 0.6) is 0 Å². The van der Waals surface area contributed by atoms with Gasteiger partial charge in [-0.15, -0.1) is 0 Å². The van der Waals surface area contributed by atoms with Gasteiger partial charge in [0.05, 0.1) is 13.2 Å². The highest BCUT2D eigenvalue weighted by Crippen LogP contribution is 2.13. The summed E-state index contributed by atoms with van der Waals surface area (Å²) in [5, 5.41) is -1.28. The largest absolute Gasteiger partial charge is 0.465 e. The SMILES string of the molecule is CCCOC(=O)C(S)CC(S)C(=O)OCCC. The fraction of sp³-hybridized carbons (Fsp3) is 0.818. The molecule has 0 spiro atoms. The fourth-order valence-corrected chi connectivity index (χ4v) is 1.74. The Balaban J connectivity index is 3.96. The van der Waals surface area contributed by atoms with Crippen molar-refractivity contribution in [3.63, 3.8) is 0 Å². The van der Waals surface area contributed by atoms with Crippen LogP contribution in [0.1, 0.15) is 33.1 Å². The van der Waals surface area contributed by atoms with Crippen molar-refractivity contribution in [3.05, 3.63) is 0 Å². The van der Waals surface area contributed by atoms with Crippen LogP contribution in [-0.2, 0) is 19.1 Å². The van der Waals surface area contributed by atoms with Gasteiger partial charge in [0.1, 0.15) is 10.5 Å². The smallest absolute Gasteiger partial charge is 0.318 e. The minimum Gasteiger partial charge on any atom is -0.465 e. The van der Waals surface area contributed by atoms with E-state index in [2.05, 4.69) is 25.3 Å². The lowest BCUT2D eigenvalue weighted by Crippen LogP contribution is -2.27. The predicted octanol–water partition coefficient (Wildman–Crippen LogP) is 1.88. The normalized spacial score (nSPS) is 13.9. The van der Waals surface area contributed by atoms with Crippen molar-refractivity contribution >= 4 is 37.2 Å². The maximum atomic E-state index is 11.4. The first-order chi connectivity index (χ1) is 8.02. The van der Waals surface area contributed by atoms with Gasteiger partial charge in [-0.05, 0) is 19.3 Å². The maximum absolute atomic E-state index is 11.4. The quantitative estimate of drug-likeness (QED) is 0.526. The Morgan fingerprint density at radius 3 is 1.59 bits per heavy atom. The van der Waals surface area contributed by atoms with Crippen molar-refractivity contribution < 1.29 is 19.1 Å². The van der Waals surface area contributed by atoms with Crippen LogP contribution < -0.4 is 0 Å². The Hall–Kier alpha value is -0.360. The highest BCUT2D eigenvalue weighted by molar-refractivity contribution is 7.82. The molecule has 100 valence electrons. The molecule has 0 aromatic carbocycles. The number of hydrogen-bond donors (Lipinski definition) is 2. The van der Waals surface area contributed by atoms with Gasteiger partial charge >= 0.3 is 11.9 Å². The summed E-state index contributed by atoms with van der Waals surface area (Å²) in [6.07, 6.45) is 1.72. The molecule has 0 rings (SSSR count). The Morgan fingerprint density at radius 2 is 1.29 bits per heavy atom. The summed E-state index contributed by atoms with van der Waals surface area (Å²) in [5.74, 6) is -0.838. The molecule has 0 aromatic heterocycles. The van der Waals surface area contributed by atoms with E-state index in [1.807, 2.05) is 13.8 Å². The summed E-state index contributed by atoms with van der Waals surface area (Å²) < 4.78 is 9.83. The Kier molecular flexibility index (Phi) is 9.44. The number of ether oxygens (including phenoxy) is 2. The zero-order chi connectivity index (χ0) is 13.3. The molecule has 0 aliphatic carbocycles. The average molecular weight is 280 g/mol. The molecule has 0 N–H and O–H groups in total. The Labute approximate surface area is 113 Å². The molecule has 0 amide bonds. The summed E-state index contributed by atoms with van der Waals surface area (Å²) in [4.78, 5) is 22.8. The first kappa shape index (κ1) is 16.6. The highest BCUT2D eigenvalue weighted by Gasteiger charge is 2.24. The molecule has 0 aliphatic rings. The number of esters is 2. The standard InChI is InChI=1S/C11H20O4S2/c1-3-5-14-10(12)8(16)7-9(17)11(13)15-6-4-2/h8-9,16-17H,3-7H2,1-2H3. The Bertz CT molecular complexity index is 222. The average Bonchev–Trinajstić information content (AvgIpc) is 2.32. The lowest BCUT2D eigenvalue weighted by atomic mass is 10.2. The maximum Gasteiger partial charge on any atom is 0.318 e. The van der Waals surface area contributed by atoms with Crippen molar-refractivity contribution in [2.75, 3.05) is 13.2 Å². The van der Waals surface area contributed by atoms with Gasteiger partial charge < -0.3 is 9.47 Å². The molecule has 17 heavy (non-hydrogen) atoms. The van der Waals surface area contributed by atoms with E-state index in [0.717, 1.165) is 12.8 Å². The number of rotatable bonds is 8. The molecule has 0 radical (unpaired) electrons. The van der Waals surface area contributed by atoms with Crippen LogP contribution in [0, 0.1) is 0 Å². The lowest BCUT2D eigenvalue weighted by Gasteiger charge is -2.14. The first-order valence-electron chi connectivity index (χ1n) is 5.72. The molecule has 0 bridgehead atoms. The topological polar surface area (TPSA) is 52.6 Å². The van der Waals surface area contributed by atoms with Crippen LogP contribution in [0.2, 0.25) is 0 Å². The van der Waals surface area contributed by atoms with Gasteiger partial charge in [0.2, 0.25) is 0 Å². The minimum absolute atomic E-state index is 0.206. The third kappa shape index (κ3) is 7.54. The van der Waals surface area contributed by atoms with Crippen molar-refractivity contribution in [1.82, 2.24) is 0 Å². The van der Waals surface area contributed by atoms with E-state index < -0.39 is 22.4 Å². The van der Waals surface area contributed by atoms with Crippen LogP contribution in [-0.4, -0.2) is 35.7 Å². The summed E-state index contributed by atoms with van der Waals surface area (Å²) in [5.41, 5.74) is 0. The van der Waals surface area contributed by atoms with Crippen LogP contribution in [0.4, 0.5) is 0 Å². The van der Waals surface area contributed by atoms with Gasteiger partial charge in [0.15, 0.2) is 0 Å². The minimum atomic E-state index is -0.641. The molecule has 6 heteroatoms. The second-order valence-corrected chi connectivity index (χ2v) is 4.85. The third-order valence-electron chi connectivity index (χ3n) is 1.89. The van der Waals surface area contributed by atoms with Gasteiger partial charge in [-0.25, -0.2) is 0 Å². The van der Waals surface area contributed by atoms with Gasteiger partial charge in [0.25, 0.3) is 0 Å². The van der Waals surface area contributed by atoms with Gasteiger partial charge in [-0.2, -0.15) is 25.3 Å². The van der Waals surface area contributed by atoms with E-state index in [1.165, 1.54) is 0 Å². The monoisotopic (exact) mass is 280 g/mol. The van der Waals surface area contributed by atoms with E-state index in [1.54, 1.807) is 0 Å². The summed E-state index contributed by atoms with van der Waals surface area (Å²) in [6, 6.07) is 0. The molecule has 0 aromatic rings. The molecule has 0 saturated heterocycles. The summed E-state index contributed by atoms with van der Waals surface area (Å²) in [7, 11) is 0. The van der Waals surface area contributed by atoms with E-state index >= 15 is 0 Å². The molecule has 4 nitrogen and oxygen atoms in total. The molecular weight excluding hydrogens is 260 g/mol. The second kappa shape index (κ2) is 9.65. The lowest BCUT2D eigenvalue weighted by molar-refractivity contribution is -0.144. The number of carbonyl (C=O) groups is 2. The third-order valence-corrected chi connectivity index (χ3v) is 2.73. The number of thiol groups is 2. The molecule has 0 aliphatic heterocycles. The Morgan fingerprint density at radius 1 is 0.941 bits per heavy atom. The second-order valence-electron chi connectivity index (χ2n) is 3.60. The van der Waals surface area contributed by atoms with E-state index in [0.29, 0.717) is 13.2 Å². The molecule has 2 unspecified atom stereocenters. The van der Waals surface area contributed by atoms with Gasteiger partial charge in [-0.3, -0.25) is 9.59 Å². The van der Waals surface area contributed by atoms with Gasteiger partial charge in [-0.1, -0.05) is 13.8 Å². The number of carbonyl (C=O) groups excluding carboxylic acids is 2. The highest BCUT2D eigenvalue weighted by atomic mass is 32.1. The van der Waals surface area contributed by atoms with Crippen molar-refractivity contribution in [2.45, 2.75) is 43.6 Å².